The fourth-order valence-electron chi connectivity index (χ4n) is 2.99. The molecule has 0 unspecified atom stereocenters. The number of hydrogen-bond acceptors (Lipinski definition) is 3. The fraction of sp³-hybridized carbons (Fsp3) is 0.429. The van der Waals surface area contributed by atoms with Crippen LogP contribution in [0, 0.1) is 0 Å². The number of benzene rings is 1. The number of para-hydroxylation sites is 1. The quantitative estimate of drug-likeness (QED) is 0.260. The summed E-state index contributed by atoms with van der Waals surface area (Å²) in [6, 6.07) is 8.00. The molecule has 0 spiro atoms. The van der Waals surface area contributed by atoms with Crippen molar-refractivity contribution >= 4 is 29.9 Å². The van der Waals surface area contributed by atoms with E-state index in [1.807, 2.05) is 37.0 Å². The minimum Gasteiger partial charge on any atom is -0.489 e. The molecule has 0 radical (unpaired) electrons. The molecule has 0 atom stereocenters. The van der Waals surface area contributed by atoms with Gasteiger partial charge in [-0.2, -0.15) is 5.10 Å². The molecular formula is C21H32IN5O. The first-order valence-corrected chi connectivity index (χ1v) is 9.22. The molecule has 1 heterocycles. The smallest absolute Gasteiger partial charge is 0.193 e. The van der Waals surface area contributed by atoms with Crippen LogP contribution in [0.3, 0.4) is 0 Å². The second-order valence-corrected chi connectivity index (χ2v) is 6.83. The highest BCUT2D eigenvalue weighted by Crippen LogP contribution is 2.19. The van der Waals surface area contributed by atoms with E-state index in [1.54, 1.807) is 13.1 Å². The van der Waals surface area contributed by atoms with E-state index >= 15 is 0 Å². The summed E-state index contributed by atoms with van der Waals surface area (Å²) in [6.07, 6.45) is 3.83. The molecule has 0 saturated heterocycles. The Hall–Kier alpha value is -2.03. The summed E-state index contributed by atoms with van der Waals surface area (Å²) in [5, 5.41) is 8.01. The van der Waals surface area contributed by atoms with Crippen LogP contribution in [-0.4, -0.2) is 41.3 Å². The molecule has 0 aliphatic carbocycles. The van der Waals surface area contributed by atoms with Gasteiger partial charge in [0.15, 0.2) is 5.96 Å². The number of nitrogens with zero attached hydrogens (tertiary/aromatic N) is 4. The predicted octanol–water partition coefficient (Wildman–Crippen LogP) is 3.93. The molecule has 1 aromatic heterocycles. The molecule has 0 aliphatic heterocycles. The lowest BCUT2D eigenvalue weighted by atomic mass is 10.1. The van der Waals surface area contributed by atoms with E-state index in [0.29, 0.717) is 19.1 Å². The monoisotopic (exact) mass is 497 g/mol. The fourth-order valence-corrected chi connectivity index (χ4v) is 2.99. The largest absolute Gasteiger partial charge is 0.489 e. The van der Waals surface area contributed by atoms with Crippen molar-refractivity contribution in [1.29, 1.82) is 0 Å². The average Bonchev–Trinajstić information content (AvgIpc) is 3.01. The van der Waals surface area contributed by atoms with E-state index in [2.05, 4.69) is 53.0 Å². The van der Waals surface area contributed by atoms with Gasteiger partial charge < -0.3 is 15.0 Å². The predicted molar refractivity (Wildman–Crippen MR) is 127 cm³/mol. The van der Waals surface area contributed by atoms with Crippen LogP contribution in [0.15, 0.2) is 48.1 Å². The van der Waals surface area contributed by atoms with Gasteiger partial charge in [-0.1, -0.05) is 44.7 Å². The highest BCUT2D eigenvalue weighted by Gasteiger charge is 2.15. The second kappa shape index (κ2) is 11.7. The third-order valence-corrected chi connectivity index (χ3v) is 4.23. The zero-order valence-corrected chi connectivity index (χ0v) is 19.8. The molecule has 2 rings (SSSR count). The number of aryl methyl sites for hydroxylation is 1. The van der Waals surface area contributed by atoms with Gasteiger partial charge in [-0.05, 0) is 12.0 Å². The van der Waals surface area contributed by atoms with Crippen LogP contribution in [0.5, 0.6) is 5.75 Å². The lowest BCUT2D eigenvalue weighted by molar-refractivity contribution is 0.358. The van der Waals surface area contributed by atoms with Gasteiger partial charge in [0.1, 0.15) is 12.4 Å². The summed E-state index contributed by atoms with van der Waals surface area (Å²) in [5.74, 6) is 2.07. The van der Waals surface area contributed by atoms with Gasteiger partial charge in [0.2, 0.25) is 0 Å². The highest BCUT2D eigenvalue weighted by atomic mass is 127. The standard InChI is InChI=1S/C21H31N5O.HI/c1-7-12-27-19-11-9-8-10-17(19)13-23-21(22-4)25(5)14-18-15-26(6)24-20(18)16(2)3;/h7-11,15-16H,1,12-14H2,2-6H3,(H,22,23);1H. The maximum atomic E-state index is 5.73. The molecule has 0 amide bonds. The van der Waals surface area contributed by atoms with Crippen molar-refractivity contribution in [2.45, 2.75) is 32.9 Å². The number of hydrogen-bond donors (Lipinski definition) is 1. The Morgan fingerprint density at radius 2 is 2.07 bits per heavy atom. The Kier molecular flexibility index (Phi) is 10.1. The Morgan fingerprint density at radius 3 is 2.71 bits per heavy atom. The SMILES string of the molecule is C=CCOc1ccccc1CNC(=NC)N(C)Cc1cn(C)nc1C(C)C.I. The van der Waals surface area contributed by atoms with Crippen LogP contribution >= 0.6 is 24.0 Å². The number of rotatable bonds is 8. The van der Waals surface area contributed by atoms with Crippen molar-refractivity contribution in [2.75, 3.05) is 20.7 Å². The van der Waals surface area contributed by atoms with Crippen LogP contribution in [0.25, 0.3) is 0 Å². The average molecular weight is 497 g/mol. The van der Waals surface area contributed by atoms with Gasteiger partial charge in [0, 0.05) is 51.6 Å². The van der Waals surface area contributed by atoms with Gasteiger partial charge in [-0.15, -0.1) is 24.0 Å². The van der Waals surface area contributed by atoms with E-state index < -0.39 is 0 Å². The Labute approximate surface area is 185 Å². The van der Waals surface area contributed by atoms with Crippen molar-refractivity contribution in [3.8, 4) is 5.75 Å². The number of ether oxygens (including phenoxy) is 1. The van der Waals surface area contributed by atoms with Crippen molar-refractivity contribution in [3.63, 3.8) is 0 Å². The molecule has 1 aromatic carbocycles. The molecule has 0 aliphatic rings. The topological polar surface area (TPSA) is 54.7 Å². The molecule has 1 N–H and O–H groups in total. The van der Waals surface area contributed by atoms with E-state index in [9.17, 15) is 0 Å². The van der Waals surface area contributed by atoms with E-state index in [4.69, 9.17) is 4.74 Å². The van der Waals surface area contributed by atoms with Crippen LogP contribution in [-0.2, 0) is 20.1 Å². The summed E-state index contributed by atoms with van der Waals surface area (Å²) in [4.78, 5) is 6.53. The molecule has 0 saturated carbocycles. The Balaban J connectivity index is 0.00000392. The molecule has 0 fully saturated rings. The maximum absolute atomic E-state index is 5.73. The van der Waals surface area contributed by atoms with E-state index in [-0.39, 0.29) is 24.0 Å². The maximum Gasteiger partial charge on any atom is 0.193 e. The minimum absolute atomic E-state index is 0. The van der Waals surface area contributed by atoms with Crippen molar-refractivity contribution in [1.82, 2.24) is 20.0 Å². The first-order chi connectivity index (χ1) is 13.0. The lowest BCUT2D eigenvalue weighted by Crippen LogP contribution is -2.38. The molecule has 2 aromatic rings. The number of aromatic nitrogens is 2. The first kappa shape index (κ1) is 24.0. The highest BCUT2D eigenvalue weighted by molar-refractivity contribution is 14.0. The normalized spacial score (nSPS) is 11.1. The van der Waals surface area contributed by atoms with Gasteiger partial charge in [-0.25, -0.2) is 0 Å². The van der Waals surface area contributed by atoms with Crippen molar-refractivity contribution in [3.05, 3.63) is 59.9 Å². The number of guanidine groups is 1. The molecular weight excluding hydrogens is 465 g/mol. The van der Waals surface area contributed by atoms with Crippen LogP contribution in [0.1, 0.15) is 36.6 Å². The summed E-state index contributed by atoms with van der Waals surface area (Å²) >= 11 is 0. The summed E-state index contributed by atoms with van der Waals surface area (Å²) in [7, 11) is 5.79. The first-order valence-electron chi connectivity index (χ1n) is 9.22. The Bertz CT molecular complexity index is 785. The minimum atomic E-state index is 0. The van der Waals surface area contributed by atoms with Crippen LogP contribution in [0.4, 0.5) is 0 Å². The van der Waals surface area contributed by atoms with Crippen LogP contribution < -0.4 is 10.1 Å². The zero-order chi connectivity index (χ0) is 19.8. The number of halogens is 1. The van der Waals surface area contributed by atoms with Gasteiger partial charge in [-0.3, -0.25) is 9.67 Å². The second-order valence-electron chi connectivity index (χ2n) is 6.83. The lowest BCUT2D eigenvalue weighted by Gasteiger charge is -2.23. The van der Waals surface area contributed by atoms with Gasteiger partial charge in [0.05, 0.1) is 5.69 Å². The molecule has 28 heavy (non-hydrogen) atoms. The molecule has 6 nitrogen and oxygen atoms in total. The van der Waals surface area contributed by atoms with Crippen molar-refractivity contribution in [2.24, 2.45) is 12.0 Å². The molecule has 154 valence electrons. The Morgan fingerprint density at radius 1 is 1.36 bits per heavy atom. The third kappa shape index (κ3) is 6.54. The molecule has 0 bridgehead atoms. The summed E-state index contributed by atoms with van der Waals surface area (Å²) < 4.78 is 7.61. The third-order valence-electron chi connectivity index (χ3n) is 4.23. The molecule has 7 heteroatoms. The van der Waals surface area contributed by atoms with E-state index in [1.165, 1.54) is 5.56 Å². The van der Waals surface area contributed by atoms with Gasteiger partial charge in [0.25, 0.3) is 0 Å². The number of nitrogens with one attached hydrogen (secondary N) is 1. The van der Waals surface area contributed by atoms with E-state index in [0.717, 1.165) is 29.5 Å². The van der Waals surface area contributed by atoms with Crippen LogP contribution in [0.2, 0.25) is 0 Å². The summed E-state index contributed by atoms with van der Waals surface area (Å²) in [6.45, 7) is 9.91. The van der Waals surface area contributed by atoms with Crippen molar-refractivity contribution < 1.29 is 4.74 Å². The zero-order valence-electron chi connectivity index (χ0n) is 17.5. The van der Waals surface area contributed by atoms with Gasteiger partial charge >= 0.3 is 0 Å². The summed E-state index contributed by atoms with van der Waals surface area (Å²) in [5.41, 5.74) is 3.42. The number of aliphatic imine (C=N–C) groups is 1.